The lowest BCUT2D eigenvalue weighted by molar-refractivity contribution is 0.462. The molecule has 0 spiro atoms. The Labute approximate surface area is 288 Å². The lowest BCUT2D eigenvalue weighted by Gasteiger charge is -2.08. The van der Waals surface area contributed by atoms with Crippen molar-refractivity contribution < 1.29 is 9.15 Å². The van der Waals surface area contributed by atoms with Crippen molar-refractivity contribution in [3.8, 4) is 137 Å². The van der Waals surface area contributed by atoms with E-state index in [1.807, 2.05) is 38.1 Å². The maximum absolute atomic E-state index is 5.68. The number of benzene rings is 2. The number of rotatable bonds is 7. The van der Waals surface area contributed by atoms with Gasteiger partial charge in [-0.1, -0.05) is 24.3 Å². The number of hydrogen-bond donors (Lipinski definition) is 1. The Bertz CT molecular complexity index is 2570. The molecule has 2 aromatic heterocycles. The fourth-order valence-corrected chi connectivity index (χ4v) is 4.34. The molecule has 0 saturated heterocycles. The molecule has 4 aromatic rings. The van der Waals surface area contributed by atoms with Crippen LogP contribution in [0.3, 0.4) is 0 Å². The van der Waals surface area contributed by atoms with Gasteiger partial charge in [0.25, 0.3) is 0 Å². The van der Waals surface area contributed by atoms with Crippen LogP contribution < -0.4 is 10.1 Å². The summed E-state index contributed by atoms with van der Waals surface area (Å²) < 4.78 is 13.6. The summed E-state index contributed by atoms with van der Waals surface area (Å²) in [5, 5.41) is 4.71. The van der Waals surface area contributed by atoms with Crippen LogP contribution in [0.15, 0.2) is 65.2 Å². The van der Waals surface area contributed by atoms with Crippen molar-refractivity contribution in [3.05, 3.63) is 89.0 Å². The van der Waals surface area contributed by atoms with Gasteiger partial charge in [0.2, 0.25) is 0 Å². The standard InChI is InChI=1S/C45H24N2O2/c1-4-5-6-7-8-9-10-11-12-13-14-15-16-17-18-19-20-21-22-25-30-48-43-32-38(2)31-40(33-43)36-47-37-41(44-26-23-24-27-45(44)47)34-46-35-42-29-28-39(3)49-42/h1,23-24,26-29,31-33,37,46H,34-36H2,2-3H3. The first-order valence-corrected chi connectivity index (χ1v) is 14.7. The van der Waals surface area contributed by atoms with E-state index in [1.54, 1.807) is 0 Å². The van der Waals surface area contributed by atoms with Crippen LogP contribution in [0, 0.1) is 145 Å². The minimum absolute atomic E-state index is 0.644. The summed E-state index contributed by atoms with van der Waals surface area (Å²) in [6.07, 6.45) is 9.79. The second-order valence-electron chi connectivity index (χ2n) is 9.79. The van der Waals surface area contributed by atoms with Crippen molar-refractivity contribution >= 4 is 10.9 Å². The molecule has 0 aliphatic rings. The van der Waals surface area contributed by atoms with Crippen molar-refractivity contribution in [1.82, 2.24) is 9.88 Å². The van der Waals surface area contributed by atoms with Crippen molar-refractivity contribution in [1.29, 1.82) is 0 Å². The number of nitrogens with one attached hydrogen (secondary N) is 1. The molecule has 0 radical (unpaired) electrons. The zero-order chi connectivity index (χ0) is 34.4. The molecule has 0 atom stereocenters. The molecule has 0 aliphatic heterocycles. The maximum Gasteiger partial charge on any atom is 0.140 e. The third-order valence-electron chi connectivity index (χ3n) is 6.16. The number of terminal acetylenes is 1. The lowest BCUT2D eigenvalue weighted by atomic mass is 10.1. The molecule has 49 heavy (non-hydrogen) atoms. The van der Waals surface area contributed by atoms with E-state index in [4.69, 9.17) is 15.6 Å². The molecule has 0 fully saturated rings. The van der Waals surface area contributed by atoms with E-state index in [0.29, 0.717) is 18.8 Å². The summed E-state index contributed by atoms with van der Waals surface area (Å²) in [6.45, 7) is 6.06. The molecule has 0 saturated carbocycles. The van der Waals surface area contributed by atoms with Gasteiger partial charge in [-0.3, -0.25) is 0 Å². The van der Waals surface area contributed by atoms with E-state index >= 15 is 0 Å². The van der Waals surface area contributed by atoms with Crippen LogP contribution in [-0.2, 0) is 19.6 Å². The highest BCUT2D eigenvalue weighted by Gasteiger charge is 2.10. The van der Waals surface area contributed by atoms with Gasteiger partial charge in [0.15, 0.2) is 0 Å². The van der Waals surface area contributed by atoms with Gasteiger partial charge in [-0.2, -0.15) is 0 Å². The lowest BCUT2D eigenvalue weighted by Crippen LogP contribution is -2.11. The van der Waals surface area contributed by atoms with Gasteiger partial charge in [-0.25, -0.2) is 0 Å². The molecule has 4 heteroatoms. The second kappa shape index (κ2) is 19.5. The van der Waals surface area contributed by atoms with Gasteiger partial charge in [0.05, 0.1) is 6.54 Å². The van der Waals surface area contributed by atoms with Crippen molar-refractivity contribution in [2.24, 2.45) is 0 Å². The Morgan fingerprint density at radius 3 is 1.86 bits per heavy atom. The van der Waals surface area contributed by atoms with Crippen molar-refractivity contribution in [3.63, 3.8) is 0 Å². The Morgan fingerprint density at radius 1 is 0.673 bits per heavy atom. The van der Waals surface area contributed by atoms with Crippen LogP contribution in [0.5, 0.6) is 5.75 Å². The minimum Gasteiger partial charge on any atom is -0.465 e. The van der Waals surface area contributed by atoms with Crippen molar-refractivity contribution in [2.45, 2.75) is 33.5 Å². The highest BCUT2D eigenvalue weighted by molar-refractivity contribution is 5.84. The quantitative estimate of drug-likeness (QED) is 0.288. The van der Waals surface area contributed by atoms with Crippen LogP contribution in [0.4, 0.5) is 0 Å². The van der Waals surface area contributed by atoms with Crippen LogP contribution in [0.25, 0.3) is 10.9 Å². The first-order chi connectivity index (χ1) is 24.1. The molecule has 2 heterocycles. The predicted molar refractivity (Wildman–Crippen MR) is 193 cm³/mol. The Hall–Kier alpha value is -7.82. The van der Waals surface area contributed by atoms with Crippen LogP contribution in [0.1, 0.15) is 28.2 Å². The highest BCUT2D eigenvalue weighted by atomic mass is 16.5. The number of hydrogen-bond acceptors (Lipinski definition) is 3. The topological polar surface area (TPSA) is 39.3 Å². The Morgan fingerprint density at radius 2 is 1.27 bits per heavy atom. The van der Waals surface area contributed by atoms with Crippen molar-refractivity contribution in [2.75, 3.05) is 0 Å². The summed E-state index contributed by atoms with van der Waals surface area (Å²) in [7, 11) is 0. The monoisotopic (exact) mass is 624 g/mol. The molecule has 1 N–H and O–H groups in total. The second-order valence-corrected chi connectivity index (χ2v) is 9.79. The van der Waals surface area contributed by atoms with Gasteiger partial charge in [-0.05, 0) is 108 Å². The molecule has 0 aliphatic carbocycles. The van der Waals surface area contributed by atoms with E-state index in [2.05, 4.69) is 171 Å². The molecule has 0 unspecified atom stereocenters. The molecule has 0 amide bonds. The van der Waals surface area contributed by atoms with Crippen LogP contribution >= 0.6 is 0 Å². The summed E-state index contributed by atoms with van der Waals surface area (Å²) in [6, 6.07) is 18.5. The van der Waals surface area contributed by atoms with E-state index in [0.717, 1.165) is 34.7 Å². The predicted octanol–water partition coefficient (Wildman–Crippen LogP) is 5.19. The number of ether oxygens (including phenoxy) is 1. The van der Waals surface area contributed by atoms with E-state index < -0.39 is 0 Å². The molecular formula is C45H24N2O2. The van der Waals surface area contributed by atoms with Gasteiger partial charge >= 0.3 is 0 Å². The number of para-hydroxylation sites is 1. The first kappa shape index (κ1) is 34.1. The average Bonchev–Trinajstić information content (AvgIpc) is 3.67. The third kappa shape index (κ3) is 12.2. The SMILES string of the molecule is C#CC#CC#CC#CC#CC#CC#CC#CC#CC#CC#COc1cc(C)cc(Cn2cc(CNCc3ccc(C)o3)c3ccccc32)c1. The zero-order valence-corrected chi connectivity index (χ0v) is 26.7. The number of aromatic nitrogens is 1. The number of furan rings is 1. The highest BCUT2D eigenvalue weighted by Crippen LogP contribution is 2.24. The number of nitrogens with zero attached hydrogens (tertiary/aromatic N) is 1. The summed E-state index contributed by atoms with van der Waals surface area (Å²) in [4.78, 5) is 0. The molecule has 4 rings (SSSR count). The number of aryl methyl sites for hydroxylation is 2. The normalized spacial score (nSPS) is 8.10. The van der Waals surface area contributed by atoms with Gasteiger partial charge < -0.3 is 19.0 Å². The van der Waals surface area contributed by atoms with Gasteiger partial charge in [0, 0.05) is 101 Å². The van der Waals surface area contributed by atoms with Gasteiger partial charge in [-0.15, -0.1) is 6.42 Å². The van der Waals surface area contributed by atoms with E-state index in [1.165, 1.54) is 10.9 Å². The largest absolute Gasteiger partial charge is 0.465 e. The molecule has 0 bridgehead atoms. The zero-order valence-electron chi connectivity index (χ0n) is 26.7. The average molecular weight is 625 g/mol. The Balaban J connectivity index is 1.29. The van der Waals surface area contributed by atoms with Gasteiger partial charge in [0.1, 0.15) is 23.4 Å². The van der Waals surface area contributed by atoms with Crippen LogP contribution in [0.2, 0.25) is 0 Å². The maximum atomic E-state index is 5.68. The molecular weight excluding hydrogens is 601 g/mol. The summed E-state index contributed by atoms with van der Waals surface area (Å²) >= 11 is 0. The summed E-state index contributed by atoms with van der Waals surface area (Å²) in [5.41, 5.74) is 4.55. The molecule has 4 nitrogen and oxygen atoms in total. The van der Waals surface area contributed by atoms with E-state index in [9.17, 15) is 0 Å². The fraction of sp³-hybridized carbons (Fsp3) is 0.111. The van der Waals surface area contributed by atoms with Crippen LogP contribution in [-0.4, -0.2) is 4.57 Å². The first-order valence-electron chi connectivity index (χ1n) is 14.7. The summed E-state index contributed by atoms with van der Waals surface area (Å²) in [5.74, 6) is 52.7. The number of fused-ring (bicyclic) bond motifs is 1. The van der Waals surface area contributed by atoms with E-state index in [-0.39, 0.29) is 0 Å². The molecule has 226 valence electrons. The smallest absolute Gasteiger partial charge is 0.140 e. The Kier molecular flexibility index (Phi) is 13.6. The third-order valence-corrected chi connectivity index (χ3v) is 6.16. The minimum atomic E-state index is 0.644. The fourth-order valence-electron chi connectivity index (χ4n) is 4.34. The molecule has 2 aromatic carbocycles.